The van der Waals surface area contributed by atoms with Gasteiger partial charge in [-0.2, -0.15) is 0 Å². The summed E-state index contributed by atoms with van der Waals surface area (Å²) in [5.74, 6) is -1.64. The van der Waals surface area contributed by atoms with Crippen LogP contribution in [0, 0.1) is 6.92 Å². The zero-order chi connectivity index (χ0) is 12.4. The minimum atomic E-state index is -0.688. The molecule has 0 aliphatic carbocycles. The molecule has 1 aromatic carbocycles. The topological polar surface area (TPSA) is 63.7 Å². The van der Waals surface area contributed by atoms with E-state index in [1.54, 1.807) is 31.2 Å². The van der Waals surface area contributed by atoms with Crippen LogP contribution in [-0.4, -0.2) is 22.8 Å². The summed E-state index contributed by atoms with van der Waals surface area (Å²) in [6.45, 7) is 1.75. The second kappa shape index (κ2) is 4.37. The Kier molecular flexibility index (Phi) is 2.91. The van der Waals surface area contributed by atoms with E-state index in [1.807, 2.05) is 0 Å². The van der Waals surface area contributed by atoms with Gasteiger partial charge in [0.15, 0.2) is 0 Å². The molecular formula is C12H11NO4. The lowest BCUT2D eigenvalue weighted by Gasteiger charge is -2.13. The quantitative estimate of drug-likeness (QED) is 0.720. The van der Waals surface area contributed by atoms with Crippen molar-refractivity contribution in [2.24, 2.45) is 0 Å². The zero-order valence-corrected chi connectivity index (χ0v) is 9.30. The summed E-state index contributed by atoms with van der Waals surface area (Å²) in [6, 6.07) is 6.82. The fraction of sp³-hybridized carbons (Fsp3) is 0.250. The van der Waals surface area contributed by atoms with E-state index in [4.69, 9.17) is 4.84 Å². The third kappa shape index (κ3) is 2.18. The van der Waals surface area contributed by atoms with Gasteiger partial charge in [-0.05, 0) is 18.6 Å². The van der Waals surface area contributed by atoms with E-state index in [1.165, 1.54) is 0 Å². The first-order valence-corrected chi connectivity index (χ1v) is 5.23. The van der Waals surface area contributed by atoms with Gasteiger partial charge in [0.2, 0.25) is 0 Å². The van der Waals surface area contributed by atoms with Crippen molar-refractivity contribution in [2.45, 2.75) is 19.8 Å². The molecule has 1 aromatic rings. The van der Waals surface area contributed by atoms with Crippen LogP contribution in [0.4, 0.5) is 0 Å². The van der Waals surface area contributed by atoms with E-state index >= 15 is 0 Å². The highest BCUT2D eigenvalue weighted by Crippen LogP contribution is 2.15. The Bertz CT molecular complexity index is 479. The summed E-state index contributed by atoms with van der Waals surface area (Å²) >= 11 is 0. The summed E-state index contributed by atoms with van der Waals surface area (Å²) in [5.41, 5.74) is 1.08. The van der Waals surface area contributed by atoms with Crippen LogP contribution in [0.3, 0.4) is 0 Å². The van der Waals surface area contributed by atoms with Gasteiger partial charge in [0.1, 0.15) is 0 Å². The maximum Gasteiger partial charge on any atom is 0.364 e. The summed E-state index contributed by atoms with van der Waals surface area (Å²) in [4.78, 5) is 39.1. The molecule has 0 aromatic heterocycles. The van der Waals surface area contributed by atoms with E-state index in [0.29, 0.717) is 10.6 Å². The molecule has 0 N–H and O–H groups in total. The first-order valence-electron chi connectivity index (χ1n) is 5.23. The van der Waals surface area contributed by atoms with Gasteiger partial charge in [-0.25, -0.2) is 4.79 Å². The van der Waals surface area contributed by atoms with Gasteiger partial charge in [0.05, 0.1) is 5.56 Å². The van der Waals surface area contributed by atoms with Crippen molar-refractivity contribution in [3.63, 3.8) is 0 Å². The molecule has 5 heteroatoms. The molecule has 0 radical (unpaired) electrons. The number of rotatable bonds is 2. The second-order valence-corrected chi connectivity index (χ2v) is 3.78. The summed E-state index contributed by atoms with van der Waals surface area (Å²) in [7, 11) is 0. The lowest BCUT2D eigenvalue weighted by molar-refractivity contribution is -0.172. The van der Waals surface area contributed by atoms with Crippen LogP contribution >= 0.6 is 0 Å². The Morgan fingerprint density at radius 3 is 2.35 bits per heavy atom. The molecule has 17 heavy (non-hydrogen) atoms. The van der Waals surface area contributed by atoms with Gasteiger partial charge in [0, 0.05) is 12.8 Å². The molecule has 0 saturated carbocycles. The van der Waals surface area contributed by atoms with Crippen molar-refractivity contribution in [1.82, 2.24) is 5.06 Å². The van der Waals surface area contributed by atoms with Gasteiger partial charge >= 0.3 is 5.97 Å². The SMILES string of the molecule is Cc1ccccc1C(=O)ON1C(=O)CCC1=O. The molecule has 88 valence electrons. The number of hydroxylamine groups is 2. The maximum atomic E-state index is 11.7. The van der Waals surface area contributed by atoms with Gasteiger partial charge in [-0.3, -0.25) is 9.59 Å². The first-order chi connectivity index (χ1) is 8.09. The molecule has 2 rings (SSSR count). The van der Waals surface area contributed by atoms with E-state index in [0.717, 1.165) is 5.56 Å². The summed E-state index contributed by atoms with van der Waals surface area (Å²) in [6.07, 6.45) is 0.194. The average Bonchev–Trinajstić information content (AvgIpc) is 2.61. The highest BCUT2D eigenvalue weighted by Gasteiger charge is 2.33. The van der Waals surface area contributed by atoms with E-state index in [2.05, 4.69) is 0 Å². The maximum absolute atomic E-state index is 11.7. The molecule has 0 spiro atoms. The lowest BCUT2D eigenvalue weighted by Crippen LogP contribution is -2.32. The Labute approximate surface area is 97.9 Å². The Balaban J connectivity index is 2.15. The number of hydrogen-bond donors (Lipinski definition) is 0. The van der Waals surface area contributed by atoms with Crippen LogP contribution in [0.1, 0.15) is 28.8 Å². The molecule has 1 saturated heterocycles. The summed E-state index contributed by atoms with van der Waals surface area (Å²) in [5, 5.41) is 0.550. The van der Waals surface area contributed by atoms with Gasteiger partial charge in [0.25, 0.3) is 11.8 Å². The number of amides is 2. The zero-order valence-electron chi connectivity index (χ0n) is 9.30. The van der Waals surface area contributed by atoms with E-state index < -0.39 is 17.8 Å². The third-order valence-corrected chi connectivity index (χ3v) is 2.54. The molecule has 0 atom stereocenters. The van der Waals surface area contributed by atoms with Crippen molar-refractivity contribution >= 4 is 17.8 Å². The normalized spacial score (nSPS) is 15.2. The van der Waals surface area contributed by atoms with Crippen LogP contribution in [0.2, 0.25) is 0 Å². The Hall–Kier alpha value is -2.17. The van der Waals surface area contributed by atoms with Gasteiger partial charge < -0.3 is 4.84 Å². The van der Waals surface area contributed by atoms with Crippen molar-refractivity contribution < 1.29 is 19.2 Å². The first kappa shape index (κ1) is 11.3. The predicted molar refractivity (Wildman–Crippen MR) is 57.7 cm³/mol. The van der Waals surface area contributed by atoms with Crippen molar-refractivity contribution in [1.29, 1.82) is 0 Å². The van der Waals surface area contributed by atoms with E-state index in [9.17, 15) is 14.4 Å². The van der Waals surface area contributed by atoms with Crippen LogP contribution in [0.25, 0.3) is 0 Å². The number of aryl methyl sites for hydroxylation is 1. The van der Waals surface area contributed by atoms with Crippen molar-refractivity contribution in [2.75, 3.05) is 0 Å². The van der Waals surface area contributed by atoms with Gasteiger partial charge in [-0.15, -0.1) is 5.06 Å². The molecular weight excluding hydrogens is 222 g/mol. The standard InChI is InChI=1S/C12H11NO4/c1-8-4-2-3-5-9(8)12(16)17-13-10(14)6-7-11(13)15/h2-5H,6-7H2,1H3. The molecule has 1 aliphatic heterocycles. The minimum absolute atomic E-state index is 0.0971. The number of hydrogen-bond acceptors (Lipinski definition) is 4. The largest absolute Gasteiger partial charge is 0.364 e. The molecule has 0 bridgehead atoms. The Morgan fingerprint density at radius 2 is 1.76 bits per heavy atom. The number of carbonyl (C=O) groups excluding carboxylic acids is 3. The number of nitrogens with zero attached hydrogens (tertiary/aromatic N) is 1. The fourth-order valence-electron chi connectivity index (χ4n) is 1.59. The second-order valence-electron chi connectivity index (χ2n) is 3.78. The van der Waals surface area contributed by atoms with Crippen molar-refractivity contribution in [3.8, 4) is 0 Å². The summed E-state index contributed by atoms with van der Waals surface area (Å²) < 4.78 is 0. The number of carbonyl (C=O) groups is 3. The minimum Gasteiger partial charge on any atom is -0.325 e. The number of imide groups is 1. The molecule has 1 aliphatic rings. The Morgan fingerprint density at radius 1 is 1.18 bits per heavy atom. The third-order valence-electron chi connectivity index (χ3n) is 2.54. The van der Waals surface area contributed by atoms with Crippen LogP contribution < -0.4 is 0 Å². The van der Waals surface area contributed by atoms with Crippen LogP contribution in [0.15, 0.2) is 24.3 Å². The average molecular weight is 233 g/mol. The van der Waals surface area contributed by atoms with Crippen molar-refractivity contribution in [3.05, 3.63) is 35.4 Å². The monoisotopic (exact) mass is 233 g/mol. The number of benzene rings is 1. The highest BCUT2D eigenvalue weighted by atomic mass is 16.7. The van der Waals surface area contributed by atoms with Gasteiger partial charge in [-0.1, -0.05) is 18.2 Å². The fourth-order valence-corrected chi connectivity index (χ4v) is 1.59. The molecule has 1 heterocycles. The highest BCUT2D eigenvalue weighted by molar-refractivity contribution is 6.02. The lowest BCUT2D eigenvalue weighted by atomic mass is 10.1. The van der Waals surface area contributed by atoms with Crippen LogP contribution in [-0.2, 0) is 14.4 Å². The molecule has 2 amide bonds. The smallest absolute Gasteiger partial charge is 0.325 e. The van der Waals surface area contributed by atoms with E-state index in [-0.39, 0.29) is 12.8 Å². The predicted octanol–water partition coefficient (Wildman–Crippen LogP) is 1.22. The van der Waals surface area contributed by atoms with Crippen LogP contribution in [0.5, 0.6) is 0 Å². The molecule has 1 fully saturated rings. The molecule has 5 nitrogen and oxygen atoms in total. The molecule has 0 unspecified atom stereocenters.